The topological polar surface area (TPSA) is 46.3 Å². The van der Waals surface area contributed by atoms with Crippen LogP contribution < -0.4 is 5.73 Å². The van der Waals surface area contributed by atoms with Gasteiger partial charge in [-0.15, -0.1) is 0 Å². The molecule has 4 aliphatic rings. The van der Waals surface area contributed by atoms with Crippen molar-refractivity contribution < 1.29 is 4.79 Å². The second-order valence-corrected chi connectivity index (χ2v) is 7.66. The molecule has 4 aliphatic carbocycles. The molecule has 1 unspecified atom stereocenters. The van der Waals surface area contributed by atoms with Gasteiger partial charge in [0.1, 0.15) is 0 Å². The molecule has 4 rings (SSSR count). The molecule has 1 atom stereocenters. The number of hydrogen-bond donors (Lipinski definition) is 1. The van der Waals surface area contributed by atoms with E-state index in [4.69, 9.17) is 5.73 Å². The Morgan fingerprint density at radius 3 is 2.11 bits per heavy atom. The van der Waals surface area contributed by atoms with Crippen LogP contribution in [0.5, 0.6) is 0 Å². The van der Waals surface area contributed by atoms with Gasteiger partial charge >= 0.3 is 0 Å². The number of nitrogens with zero attached hydrogens (tertiary/aromatic N) is 1. The average Bonchev–Trinajstić information content (AvgIpc) is 2.36. The molecular weight excluding hydrogens is 236 g/mol. The van der Waals surface area contributed by atoms with E-state index in [1.807, 2.05) is 11.9 Å². The first-order chi connectivity index (χ1) is 9.02. The summed E-state index contributed by atoms with van der Waals surface area (Å²) in [7, 11) is 1.91. The highest BCUT2D eigenvalue weighted by molar-refractivity contribution is 5.77. The van der Waals surface area contributed by atoms with Crippen molar-refractivity contribution in [2.24, 2.45) is 34.8 Å². The molecule has 0 saturated heterocycles. The van der Waals surface area contributed by atoms with Gasteiger partial charge in [-0.25, -0.2) is 0 Å². The van der Waals surface area contributed by atoms with E-state index in [1.165, 1.54) is 38.5 Å². The lowest BCUT2D eigenvalue weighted by molar-refractivity contribution is -0.131. The van der Waals surface area contributed by atoms with Crippen LogP contribution in [-0.2, 0) is 4.79 Å². The zero-order valence-electron chi connectivity index (χ0n) is 12.4. The number of hydrogen-bond acceptors (Lipinski definition) is 2. The normalized spacial score (nSPS) is 41.3. The first-order valence-corrected chi connectivity index (χ1v) is 7.96. The zero-order valence-corrected chi connectivity index (χ0v) is 12.4. The fourth-order valence-corrected chi connectivity index (χ4v) is 5.64. The molecule has 1 amide bonds. The summed E-state index contributed by atoms with van der Waals surface area (Å²) >= 11 is 0. The van der Waals surface area contributed by atoms with E-state index in [9.17, 15) is 4.79 Å². The van der Waals surface area contributed by atoms with Gasteiger partial charge in [0, 0.05) is 13.6 Å². The van der Waals surface area contributed by atoms with Gasteiger partial charge < -0.3 is 10.6 Å². The summed E-state index contributed by atoms with van der Waals surface area (Å²) in [5.74, 6) is 3.68. The van der Waals surface area contributed by atoms with E-state index >= 15 is 0 Å². The number of carbonyl (C=O) groups is 1. The van der Waals surface area contributed by atoms with Gasteiger partial charge in [0.25, 0.3) is 0 Å². The third kappa shape index (κ3) is 2.31. The molecule has 108 valence electrons. The van der Waals surface area contributed by atoms with E-state index in [0.717, 1.165) is 24.3 Å². The maximum Gasteiger partial charge on any atom is 0.236 e. The van der Waals surface area contributed by atoms with E-state index in [-0.39, 0.29) is 12.5 Å². The van der Waals surface area contributed by atoms with Crippen molar-refractivity contribution in [3.05, 3.63) is 0 Å². The number of carbonyl (C=O) groups excluding carboxylic acids is 1. The molecule has 3 heteroatoms. The van der Waals surface area contributed by atoms with Gasteiger partial charge in [0.2, 0.25) is 5.91 Å². The Labute approximate surface area is 116 Å². The van der Waals surface area contributed by atoms with Gasteiger partial charge in [-0.05, 0) is 67.6 Å². The van der Waals surface area contributed by atoms with Crippen molar-refractivity contribution in [2.45, 2.75) is 45.4 Å². The fourth-order valence-electron chi connectivity index (χ4n) is 5.64. The Morgan fingerprint density at radius 2 is 1.68 bits per heavy atom. The molecule has 0 aromatic rings. The Kier molecular flexibility index (Phi) is 3.36. The predicted molar refractivity (Wildman–Crippen MR) is 76.5 cm³/mol. The summed E-state index contributed by atoms with van der Waals surface area (Å²) in [4.78, 5) is 13.5. The molecule has 2 N–H and O–H groups in total. The standard InChI is InChI=1S/C16H28N2O/c1-11(10-18(2)15(19)9-17)16-6-12-3-13(7-16)5-14(4-12)8-16/h11-14H,3-10,17H2,1-2H3. The molecule has 4 bridgehead atoms. The Balaban J connectivity index is 1.69. The molecule has 0 heterocycles. The van der Waals surface area contributed by atoms with Gasteiger partial charge in [0.15, 0.2) is 0 Å². The highest BCUT2D eigenvalue weighted by atomic mass is 16.2. The highest BCUT2D eigenvalue weighted by Crippen LogP contribution is 2.62. The van der Waals surface area contributed by atoms with Crippen molar-refractivity contribution in [3.63, 3.8) is 0 Å². The van der Waals surface area contributed by atoms with Gasteiger partial charge in [-0.1, -0.05) is 6.92 Å². The quantitative estimate of drug-likeness (QED) is 0.846. The lowest BCUT2D eigenvalue weighted by Crippen LogP contribution is -2.51. The van der Waals surface area contributed by atoms with Crippen LogP contribution in [0.15, 0.2) is 0 Å². The minimum atomic E-state index is 0.0802. The zero-order chi connectivity index (χ0) is 13.6. The summed E-state index contributed by atoms with van der Waals surface area (Å²) in [6.07, 6.45) is 8.73. The van der Waals surface area contributed by atoms with Crippen LogP contribution in [0.4, 0.5) is 0 Å². The molecule has 4 saturated carbocycles. The fraction of sp³-hybridized carbons (Fsp3) is 0.938. The van der Waals surface area contributed by atoms with Gasteiger partial charge in [-0.3, -0.25) is 4.79 Å². The predicted octanol–water partition coefficient (Wildman–Crippen LogP) is 2.26. The first-order valence-electron chi connectivity index (χ1n) is 7.96. The van der Waals surface area contributed by atoms with Crippen molar-refractivity contribution in [1.29, 1.82) is 0 Å². The third-order valence-electron chi connectivity index (χ3n) is 6.28. The largest absolute Gasteiger partial charge is 0.344 e. The molecule has 4 fully saturated rings. The van der Waals surface area contributed by atoms with Crippen LogP contribution in [0.25, 0.3) is 0 Å². The Hall–Kier alpha value is -0.570. The summed E-state index contributed by atoms with van der Waals surface area (Å²) in [5.41, 5.74) is 6.00. The molecule has 0 aliphatic heterocycles. The summed E-state index contributed by atoms with van der Waals surface area (Å²) in [6.45, 7) is 3.40. The molecular formula is C16H28N2O. The first kappa shape index (κ1) is 13.4. The Morgan fingerprint density at radius 1 is 1.21 bits per heavy atom. The molecule has 0 radical (unpaired) electrons. The summed E-state index contributed by atoms with van der Waals surface area (Å²) < 4.78 is 0. The maximum absolute atomic E-state index is 11.7. The average molecular weight is 264 g/mol. The molecule has 0 aromatic heterocycles. The molecule has 0 spiro atoms. The van der Waals surface area contributed by atoms with E-state index in [2.05, 4.69) is 6.92 Å². The SMILES string of the molecule is CC(CN(C)C(=O)CN)C12CC3CC(CC(C3)C1)C2. The Bertz CT molecular complexity index is 330. The van der Waals surface area contributed by atoms with Crippen molar-refractivity contribution in [2.75, 3.05) is 20.1 Å². The van der Waals surface area contributed by atoms with Crippen LogP contribution in [0.2, 0.25) is 0 Å². The number of nitrogens with two attached hydrogens (primary N) is 1. The van der Waals surface area contributed by atoms with Crippen LogP contribution in [0.1, 0.15) is 45.4 Å². The van der Waals surface area contributed by atoms with Gasteiger partial charge in [-0.2, -0.15) is 0 Å². The maximum atomic E-state index is 11.7. The minimum Gasteiger partial charge on any atom is -0.344 e. The lowest BCUT2D eigenvalue weighted by atomic mass is 9.46. The number of amides is 1. The van der Waals surface area contributed by atoms with E-state index < -0.39 is 0 Å². The van der Waals surface area contributed by atoms with E-state index in [0.29, 0.717) is 11.3 Å². The summed E-state index contributed by atoms with van der Waals surface area (Å²) in [6, 6.07) is 0. The van der Waals surface area contributed by atoms with Crippen molar-refractivity contribution in [1.82, 2.24) is 4.90 Å². The summed E-state index contributed by atoms with van der Waals surface area (Å²) in [5, 5.41) is 0. The van der Waals surface area contributed by atoms with Crippen LogP contribution >= 0.6 is 0 Å². The molecule has 19 heavy (non-hydrogen) atoms. The van der Waals surface area contributed by atoms with Gasteiger partial charge in [0.05, 0.1) is 6.54 Å². The second kappa shape index (κ2) is 4.76. The second-order valence-electron chi connectivity index (χ2n) is 7.66. The molecule has 0 aromatic carbocycles. The van der Waals surface area contributed by atoms with Crippen molar-refractivity contribution in [3.8, 4) is 0 Å². The monoisotopic (exact) mass is 264 g/mol. The number of likely N-dealkylation sites (N-methyl/N-ethyl adjacent to an activating group) is 1. The van der Waals surface area contributed by atoms with E-state index in [1.54, 1.807) is 0 Å². The van der Waals surface area contributed by atoms with Crippen molar-refractivity contribution >= 4 is 5.91 Å². The smallest absolute Gasteiger partial charge is 0.236 e. The molecule has 3 nitrogen and oxygen atoms in total. The minimum absolute atomic E-state index is 0.0802. The lowest BCUT2D eigenvalue weighted by Gasteiger charge is -2.59. The van der Waals surface area contributed by atoms with Crippen LogP contribution in [-0.4, -0.2) is 30.9 Å². The number of rotatable bonds is 4. The third-order valence-corrected chi connectivity index (χ3v) is 6.28. The van der Waals surface area contributed by atoms with Crippen LogP contribution in [0.3, 0.4) is 0 Å². The highest BCUT2D eigenvalue weighted by Gasteiger charge is 2.53. The van der Waals surface area contributed by atoms with Crippen LogP contribution in [0, 0.1) is 29.1 Å².